The van der Waals surface area contributed by atoms with Crippen molar-refractivity contribution in [3.63, 3.8) is 0 Å². The van der Waals surface area contributed by atoms with E-state index >= 15 is 0 Å². The first kappa shape index (κ1) is 16.4. The summed E-state index contributed by atoms with van der Waals surface area (Å²) >= 11 is 0. The Morgan fingerprint density at radius 2 is 1.73 bits per heavy atom. The average molecular weight is 357 g/mol. The van der Waals surface area contributed by atoms with Gasteiger partial charge >= 0.3 is 0 Å². The van der Waals surface area contributed by atoms with Crippen molar-refractivity contribution in [2.75, 3.05) is 6.61 Å². The highest BCUT2D eigenvalue weighted by molar-refractivity contribution is 6.30. The molecule has 134 valence electrons. The van der Waals surface area contributed by atoms with Crippen molar-refractivity contribution >= 4 is 11.6 Å². The average Bonchev–Trinajstić information content (AvgIpc) is 2.88. The maximum atomic E-state index is 12.9. The van der Waals surface area contributed by atoms with Gasteiger partial charge in [0.25, 0.3) is 0 Å². The summed E-state index contributed by atoms with van der Waals surface area (Å²) in [6.45, 7) is -0.309. The van der Waals surface area contributed by atoms with Crippen molar-refractivity contribution in [3.05, 3.63) is 46.0 Å². The fourth-order valence-corrected chi connectivity index (χ4v) is 3.58. The van der Waals surface area contributed by atoms with E-state index in [1.165, 1.54) is 6.07 Å². The minimum Gasteiger partial charge on any atom is -0.872 e. The van der Waals surface area contributed by atoms with Crippen LogP contribution >= 0.6 is 0 Å². The van der Waals surface area contributed by atoms with Crippen LogP contribution in [-0.4, -0.2) is 44.9 Å². The molecule has 2 aromatic rings. The molecule has 2 atom stereocenters. The Hall–Kier alpha value is -3.10. The van der Waals surface area contributed by atoms with Crippen molar-refractivity contribution in [2.24, 2.45) is 0 Å². The van der Waals surface area contributed by atoms with E-state index in [9.17, 15) is 30.0 Å². The Morgan fingerprint density at radius 1 is 1.04 bits per heavy atom. The molecule has 0 saturated heterocycles. The maximum absolute atomic E-state index is 12.9. The highest BCUT2D eigenvalue weighted by atomic mass is 16.6. The number of phenolic OH excluding ortho intramolecular Hbond substituents is 2. The number of phenols is 2. The number of ketones is 2. The predicted molar refractivity (Wildman–Crippen MR) is 83.6 cm³/mol. The number of aliphatic hydroxyl groups is 2. The quantitative estimate of drug-likeness (QED) is 0.506. The first-order valence-electron chi connectivity index (χ1n) is 7.84. The molecule has 0 aromatic heterocycles. The summed E-state index contributed by atoms with van der Waals surface area (Å²) in [5.74, 6) is -4.19. The smallest absolute Gasteiger partial charge is 0.204 e. The molecule has 2 aromatic carbocycles. The lowest BCUT2D eigenvalue weighted by atomic mass is 9.80. The number of carbonyl (C=O) groups is 2. The molecule has 0 spiro atoms. The molecule has 26 heavy (non-hydrogen) atoms. The maximum Gasteiger partial charge on any atom is 0.204 e. The number of aliphatic hydroxyl groups excluding tert-OH is 2. The first-order valence-corrected chi connectivity index (χ1v) is 7.84. The van der Waals surface area contributed by atoms with Gasteiger partial charge in [0.1, 0.15) is 17.2 Å². The van der Waals surface area contributed by atoms with Gasteiger partial charge in [0.2, 0.25) is 6.29 Å². The molecule has 0 saturated carbocycles. The number of carbonyl (C=O) groups excluding carboxylic acids is 2. The molecule has 4 rings (SSSR count). The van der Waals surface area contributed by atoms with Crippen LogP contribution in [0.3, 0.4) is 0 Å². The largest absolute Gasteiger partial charge is 0.872 e. The Balaban J connectivity index is 1.98. The SMILES string of the molecule is O=C1c2cc(O)cc(O)c2C(=O)c2c1cc1c(c2[O-])[C@H](CCO)[C@@H](O)O1. The van der Waals surface area contributed by atoms with Crippen LogP contribution in [0.1, 0.15) is 49.7 Å². The van der Waals surface area contributed by atoms with Gasteiger partial charge in [-0.25, -0.2) is 0 Å². The molecular weight excluding hydrogens is 344 g/mol. The van der Waals surface area contributed by atoms with Crippen LogP contribution in [0, 0.1) is 0 Å². The van der Waals surface area contributed by atoms with E-state index in [2.05, 4.69) is 0 Å². The summed E-state index contributed by atoms with van der Waals surface area (Å²) in [4.78, 5) is 25.5. The molecule has 1 aliphatic heterocycles. The van der Waals surface area contributed by atoms with Crippen LogP contribution < -0.4 is 9.84 Å². The number of benzene rings is 2. The van der Waals surface area contributed by atoms with Crippen LogP contribution in [0.4, 0.5) is 0 Å². The van der Waals surface area contributed by atoms with Gasteiger partial charge < -0.3 is 30.3 Å². The zero-order chi connectivity index (χ0) is 18.7. The lowest BCUT2D eigenvalue weighted by Crippen LogP contribution is -2.24. The second-order valence-corrected chi connectivity index (χ2v) is 6.21. The molecule has 0 fully saturated rings. The molecule has 0 unspecified atom stereocenters. The number of fused-ring (bicyclic) bond motifs is 3. The van der Waals surface area contributed by atoms with Crippen LogP contribution in [0.2, 0.25) is 0 Å². The van der Waals surface area contributed by atoms with Crippen molar-refractivity contribution in [1.29, 1.82) is 0 Å². The van der Waals surface area contributed by atoms with Crippen molar-refractivity contribution < 1.29 is 39.9 Å². The summed E-state index contributed by atoms with van der Waals surface area (Å²) in [5, 5.41) is 51.6. The highest BCUT2D eigenvalue weighted by Gasteiger charge is 2.39. The van der Waals surface area contributed by atoms with Crippen LogP contribution in [0.15, 0.2) is 18.2 Å². The predicted octanol–water partition coefficient (Wildman–Crippen LogP) is 0.124. The fraction of sp³-hybridized carbons (Fsp3) is 0.222. The van der Waals surface area contributed by atoms with Crippen molar-refractivity contribution in [1.82, 2.24) is 0 Å². The molecule has 0 amide bonds. The zero-order valence-electron chi connectivity index (χ0n) is 13.2. The van der Waals surface area contributed by atoms with E-state index in [1.807, 2.05) is 0 Å². The van der Waals surface area contributed by atoms with E-state index in [1.54, 1.807) is 0 Å². The van der Waals surface area contributed by atoms with Crippen LogP contribution in [0.25, 0.3) is 0 Å². The highest BCUT2D eigenvalue weighted by Crippen LogP contribution is 2.49. The normalized spacial score (nSPS) is 20.4. The molecule has 1 aliphatic carbocycles. The van der Waals surface area contributed by atoms with E-state index in [4.69, 9.17) is 9.84 Å². The van der Waals surface area contributed by atoms with Crippen molar-refractivity contribution in [3.8, 4) is 23.0 Å². The van der Waals surface area contributed by atoms with Gasteiger partial charge in [-0.15, -0.1) is 0 Å². The number of ether oxygens (including phenoxy) is 1. The third-order valence-electron chi connectivity index (χ3n) is 4.73. The number of rotatable bonds is 2. The topological polar surface area (TPSA) is 147 Å². The Labute approximate surface area is 146 Å². The monoisotopic (exact) mass is 357 g/mol. The van der Waals surface area contributed by atoms with Gasteiger partial charge in [0.05, 0.1) is 11.5 Å². The Morgan fingerprint density at radius 3 is 2.42 bits per heavy atom. The van der Waals surface area contributed by atoms with Gasteiger partial charge in [-0.1, -0.05) is 5.75 Å². The van der Waals surface area contributed by atoms with Crippen LogP contribution in [-0.2, 0) is 0 Å². The molecule has 0 radical (unpaired) electrons. The summed E-state index contributed by atoms with van der Waals surface area (Å²) in [5.41, 5.74) is -1.18. The van der Waals surface area contributed by atoms with Gasteiger partial charge in [0, 0.05) is 29.4 Å². The molecule has 1 heterocycles. The van der Waals surface area contributed by atoms with Gasteiger partial charge in [-0.05, 0) is 24.1 Å². The van der Waals surface area contributed by atoms with E-state index in [0.29, 0.717) is 0 Å². The summed E-state index contributed by atoms with van der Waals surface area (Å²) in [7, 11) is 0. The van der Waals surface area contributed by atoms with E-state index < -0.39 is 46.6 Å². The fourth-order valence-electron chi connectivity index (χ4n) is 3.58. The lowest BCUT2D eigenvalue weighted by Gasteiger charge is -2.26. The number of hydrogen-bond acceptors (Lipinski definition) is 8. The first-order chi connectivity index (χ1) is 12.3. The second-order valence-electron chi connectivity index (χ2n) is 6.21. The molecule has 8 nitrogen and oxygen atoms in total. The summed E-state index contributed by atoms with van der Waals surface area (Å²) in [6, 6.07) is 3.16. The van der Waals surface area contributed by atoms with Crippen molar-refractivity contribution in [2.45, 2.75) is 18.6 Å². The molecule has 4 N–H and O–H groups in total. The minimum absolute atomic E-state index is 0.0197. The zero-order valence-corrected chi connectivity index (χ0v) is 13.2. The third kappa shape index (κ3) is 2.03. The van der Waals surface area contributed by atoms with E-state index in [-0.39, 0.29) is 41.0 Å². The van der Waals surface area contributed by atoms with Gasteiger partial charge in [0.15, 0.2) is 11.6 Å². The molecular formula is C18H13O8-. The number of hydrogen-bond donors (Lipinski definition) is 4. The molecule has 2 aliphatic rings. The Kier molecular flexibility index (Phi) is 3.43. The lowest BCUT2D eigenvalue weighted by molar-refractivity contribution is -0.270. The second kappa shape index (κ2) is 5.45. The summed E-state index contributed by atoms with van der Waals surface area (Å²) < 4.78 is 5.22. The van der Waals surface area contributed by atoms with Gasteiger partial charge in [-0.2, -0.15) is 0 Å². The molecule has 8 heteroatoms. The number of aromatic hydroxyl groups is 2. The standard InChI is InChI=1S/C18H14O8/c19-2-1-7-13-11(26-18(7)25)5-9-14(17(13)24)16(23)12-8(15(9)22)3-6(20)4-10(12)21/h3-5,7,18-21,24-25H,1-2H2/p-1/t7-,18-/m0/s1. The van der Waals surface area contributed by atoms with E-state index in [0.717, 1.165) is 12.1 Å². The summed E-state index contributed by atoms with van der Waals surface area (Å²) in [6.07, 6.45) is -1.33. The third-order valence-corrected chi connectivity index (χ3v) is 4.73. The molecule has 0 bridgehead atoms. The van der Waals surface area contributed by atoms with Crippen LogP contribution in [0.5, 0.6) is 23.0 Å². The Bertz CT molecular complexity index is 978. The van der Waals surface area contributed by atoms with Gasteiger partial charge in [-0.3, -0.25) is 9.59 Å². The minimum atomic E-state index is -1.38.